The van der Waals surface area contributed by atoms with E-state index in [2.05, 4.69) is 15.6 Å². The van der Waals surface area contributed by atoms with Crippen molar-refractivity contribution >= 4 is 40.0 Å². The molecule has 0 unspecified atom stereocenters. The lowest BCUT2D eigenvalue weighted by Crippen LogP contribution is -2.37. The zero-order valence-corrected chi connectivity index (χ0v) is 21.7. The first-order chi connectivity index (χ1) is 14.6. The second kappa shape index (κ2) is 13.6. The van der Waals surface area contributed by atoms with Crippen molar-refractivity contribution in [1.82, 2.24) is 14.9 Å². The van der Waals surface area contributed by atoms with Gasteiger partial charge in [0.25, 0.3) is 0 Å². The summed E-state index contributed by atoms with van der Waals surface area (Å²) in [5.41, 5.74) is 1.01. The van der Waals surface area contributed by atoms with Crippen molar-refractivity contribution in [2.24, 2.45) is 4.99 Å². The molecule has 2 N–H and O–H groups in total. The second-order valence-corrected chi connectivity index (χ2v) is 10.0. The van der Waals surface area contributed by atoms with E-state index in [1.165, 1.54) is 32.1 Å². The number of hydrogen-bond donors (Lipinski definition) is 2. The minimum absolute atomic E-state index is 0. The number of hydrogen-bond acceptors (Lipinski definition) is 4. The van der Waals surface area contributed by atoms with Crippen LogP contribution in [-0.4, -0.2) is 58.1 Å². The van der Waals surface area contributed by atoms with Gasteiger partial charge in [-0.1, -0.05) is 31.4 Å². The van der Waals surface area contributed by atoms with Gasteiger partial charge in [-0.25, -0.2) is 8.42 Å². The lowest BCUT2D eigenvalue weighted by molar-refractivity contribution is 0.0277. The Balaban J connectivity index is 0.00000341. The van der Waals surface area contributed by atoms with E-state index < -0.39 is 10.0 Å². The van der Waals surface area contributed by atoms with Gasteiger partial charge in [0.05, 0.1) is 11.0 Å². The van der Waals surface area contributed by atoms with Gasteiger partial charge in [0.1, 0.15) is 0 Å². The van der Waals surface area contributed by atoms with Crippen molar-refractivity contribution in [3.63, 3.8) is 0 Å². The predicted molar refractivity (Wildman–Crippen MR) is 135 cm³/mol. The molecule has 0 atom stereocenters. The monoisotopic (exact) mass is 564 g/mol. The van der Waals surface area contributed by atoms with Gasteiger partial charge in [0.2, 0.25) is 10.0 Å². The number of halogens is 1. The van der Waals surface area contributed by atoms with Crippen LogP contribution < -0.4 is 10.6 Å². The van der Waals surface area contributed by atoms with Gasteiger partial charge in [-0.15, -0.1) is 24.0 Å². The average molecular weight is 565 g/mol. The van der Waals surface area contributed by atoms with Crippen molar-refractivity contribution in [2.75, 3.05) is 33.3 Å². The van der Waals surface area contributed by atoms with Crippen LogP contribution in [-0.2, 0) is 21.3 Å². The van der Waals surface area contributed by atoms with Crippen LogP contribution >= 0.6 is 24.0 Å². The quantitative estimate of drug-likeness (QED) is 0.208. The first kappa shape index (κ1) is 26.3. The number of nitrogens with zero attached hydrogens (tertiary/aromatic N) is 2. The number of sulfonamides is 1. The summed E-state index contributed by atoms with van der Waals surface area (Å²) in [4.78, 5) is 4.62. The number of guanidine groups is 1. The summed E-state index contributed by atoms with van der Waals surface area (Å²) in [6, 6.07) is 7.12. The zero-order valence-electron chi connectivity index (χ0n) is 18.5. The third-order valence-corrected chi connectivity index (χ3v) is 7.74. The van der Waals surface area contributed by atoms with Crippen LogP contribution in [0.5, 0.6) is 0 Å². The SMILES string of the molecule is CN=C(NCCCOC1CCCCC1)NCc1ccc(S(=O)(=O)N2CCCC2)cc1.I. The molecule has 0 radical (unpaired) electrons. The molecule has 1 aliphatic carbocycles. The van der Waals surface area contributed by atoms with Crippen LogP contribution in [0.2, 0.25) is 0 Å². The zero-order chi connectivity index (χ0) is 21.2. The van der Waals surface area contributed by atoms with Gasteiger partial charge in [-0.2, -0.15) is 4.31 Å². The average Bonchev–Trinajstić information content (AvgIpc) is 3.33. The van der Waals surface area contributed by atoms with Crippen molar-refractivity contribution in [1.29, 1.82) is 0 Å². The normalized spacial score (nSPS) is 18.5. The third kappa shape index (κ3) is 8.18. The minimum atomic E-state index is -3.35. The van der Waals surface area contributed by atoms with E-state index in [9.17, 15) is 8.42 Å². The fourth-order valence-corrected chi connectivity index (χ4v) is 5.54. The fraction of sp³-hybridized carbons (Fsp3) is 0.682. The summed E-state index contributed by atoms with van der Waals surface area (Å²) in [7, 11) is -1.60. The molecule has 1 saturated carbocycles. The molecule has 0 spiro atoms. The summed E-state index contributed by atoms with van der Waals surface area (Å²) in [6.45, 7) is 3.42. The smallest absolute Gasteiger partial charge is 0.243 e. The van der Waals surface area contributed by atoms with Gasteiger partial charge in [-0.3, -0.25) is 4.99 Å². The van der Waals surface area contributed by atoms with Crippen LogP contribution in [0.15, 0.2) is 34.2 Å². The molecular formula is C22H37IN4O3S. The van der Waals surface area contributed by atoms with E-state index in [4.69, 9.17) is 4.74 Å². The molecule has 0 amide bonds. The minimum Gasteiger partial charge on any atom is -0.378 e. The van der Waals surface area contributed by atoms with E-state index in [-0.39, 0.29) is 24.0 Å². The molecular weight excluding hydrogens is 527 g/mol. The summed E-state index contributed by atoms with van der Waals surface area (Å²) >= 11 is 0. The molecule has 1 aromatic rings. The summed E-state index contributed by atoms with van der Waals surface area (Å²) in [5, 5.41) is 6.58. The molecule has 176 valence electrons. The summed E-state index contributed by atoms with van der Waals surface area (Å²) in [5.74, 6) is 0.737. The van der Waals surface area contributed by atoms with Crippen molar-refractivity contribution in [3.8, 4) is 0 Å². The van der Waals surface area contributed by atoms with E-state index in [0.717, 1.165) is 43.9 Å². The maximum absolute atomic E-state index is 12.6. The highest BCUT2D eigenvalue weighted by atomic mass is 127. The van der Waals surface area contributed by atoms with Crippen LogP contribution in [0.4, 0.5) is 0 Å². The second-order valence-electron chi connectivity index (χ2n) is 8.09. The lowest BCUT2D eigenvalue weighted by atomic mass is 9.98. The number of aliphatic imine (C=N–C) groups is 1. The fourth-order valence-electron chi connectivity index (χ4n) is 4.02. The Labute approximate surface area is 204 Å². The molecule has 7 nitrogen and oxygen atoms in total. The highest BCUT2D eigenvalue weighted by Crippen LogP contribution is 2.21. The Bertz CT molecular complexity index is 774. The van der Waals surface area contributed by atoms with Crippen LogP contribution in [0, 0.1) is 0 Å². The molecule has 31 heavy (non-hydrogen) atoms. The van der Waals surface area contributed by atoms with Crippen molar-refractivity contribution in [3.05, 3.63) is 29.8 Å². The molecule has 0 aromatic heterocycles. The Morgan fingerprint density at radius 1 is 1.06 bits per heavy atom. The van der Waals surface area contributed by atoms with Crippen LogP contribution in [0.25, 0.3) is 0 Å². The molecule has 0 bridgehead atoms. The maximum atomic E-state index is 12.6. The Hall–Kier alpha value is -0.910. The highest BCUT2D eigenvalue weighted by Gasteiger charge is 2.26. The van der Waals surface area contributed by atoms with E-state index >= 15 is 0 Å². The molecule has 1 heterocycles. The lowest BCUT2D eigenvalue weighted by Gasteiger charge is -2.22. The standard InChI is InChI=1S/C22H36N4O3S.HI/c1-23-22(24-14-7-17-29-20-8-3-2-4-9-20)25-18-19-10-12-21(13-11-19)30(27,28)26-15-5-6-16-26;/h10-13,20H,2-9,14-18H2,1H3,(H2,23,24,25);1H. The van der Waals surface area contributed by atoms with Gasteiger partial charge < -0.3 is 15.4 Å². The van der Waals surface area contributed by atoms with Gasteiger partial charge in [0.15, 0.2) is 5.96 Å². The summed E-state index contributed by atoms with van der Waals surface area (Å²) < 4.78 is 32.7. The number of ether oxygens (including phenoxy) is 1. The first-order valence-electron chi connectivity index (χ1n) is 11.2. The van der Waals surface area contributed by atoms with Crippen molar-refractivity contribution in [2.45, 2.75) is 68.9 Å². The summed E-state index contributed by atoms with van der Waals surface area (Å²) in [6.07, 6.45) is 9.63. The van der Waals surface area contributed by atoms with Crippen LogP contribution in [0.3, 0.4) is 0 Å². The largest absolute Gasteiger partial charge is 0.378 e. The third-order valence-electron chi connectivity index (χ3n) is 5.83. The van der Waals surface area contributed by atoms with Gasteiger partial charge >= 0.3 is 0 Å². The maximum Gasteiger partial charge on any atom is 0.243 e. The van der Waals surface area contributed by atoms with E-state index in [1.54, 1.807) is 23.5 Å². The molecule has 1 saturated heterocycles. The highest BCUT2D eigenvalue weighted by molar-refractivity contribution is 14.0. The molecule has 9 heteroatoms. The van der Waals surface area contributed by atoms with Gasteiger partial charge in [0, 0.05) is 39.8 Å². The molecule has 2 aliphatic rings. The molecule has 1 aromatic carbocycles. The molecule has 2 fully saturated rings. The topological polar surface area (TPSA) is 83.0 Å². The van der Waals surface area contributed by atoms with E-state index in [1.807, 2.05) is 12.1 Å². The van der Waals surface area contributed by atoms with Gasteiger partial charge in [-0.05, 0) is 49.8 Å². The molecule has 1 aliphatic heterocycles. The first-order valence-corrected chi connectivity index (χ1v) is 12.7. The Morgan fingerprint density at radius 3 is 2.39 bits per heavy atom. The van der Waals surface area contributed by atoms with E-state index in [0.29, 0.717) is 30.6 Å². The number of benzene rings is 1. The van der Waals surface area contributed by atoms with Crippen LogP contribution in [0.1, 0.15) is 56.9 Å². The Kier molecular flexibility index (Phi) is 11.6. The number of rotatable bonds is 9. The molecule has 3 rings (SSSR count). The Morgan fingerprint density at radius 2 is 1.74 bits per heavy atom. The predicted octanol–water partition coefficient (Wildman–Crippen LogP) is 3.49. The number of nitrogens with one attached hydrogen (secondary N) is 2. The van der Waals surface area contributed by atoms with Crippen molar-refractivity contribution < 1.29 is 13.2 Å².